The molecule has 3 heterocycles. The maximum Gasteiger partial charge on any atom is 0.394 e. The monoisotopic (exact) mass is 462 g/mol. The van der Waals surface area contributed by atoms with Gasteiger partial charge < -0.3 is 31.4 Å². The third-order valence-electron chi connectivity index (χ3n) is 4.77. The second-order valence-electron chi connectivity index (χ2n) is 7.27. The largest absolute Gasteiger partial charge is 0.456 e. The van der Waals surface area contributed by atoms with Gasteiger partial charge in [0, 0.05) is 11.8 Å². The quantitative estimate of drug-likeness (QED) is 0.180. The van der Waals surface area contributed by atoms with Crippen LogP contribution < -0.4 is 16.8 Å². The number of nitrogens with one attached hydrogen (secondary N) is 2. The molecule has 0 saturated carbocycles. The Labute approximate surface area is 177 Å². The van der Waals surface area contributed by atoms with Crippen molar-refractivity contribution in [2.75, 3.05) is 12.3 Å². The molecule has 2 aromatic rings. The van der Waals surface area contributed by atoms with Crippen LogP contribution in [0, 0.1) is 5.92 Å². The Morgan fingerprint density at radius 1 is 1.32 bits per heavy atom. The summed E-state index contributed by atoms with van der Waals surface area (Å²) in [6.07, 6.45) is 0.972. The average Bonchev–Trinajstić information content (AvgIpc) is 3.22. The first-order chi connectivity index (χ1) is 14.3. The van der Waals surface area contributed by atoms with Crippen molar-refractivity contribution in [3.63, 3.8) is 0 Å². The highest BCUT2D eigenvalue weighted by Crippen LogP contribution is 2.34. The van der Waals surface area contributed by atoms with Gasteiger partial charge in [-0.15, -0.1) is 0 Å². The van der Waals surface area contributed by atoms with E-state index in [4.69, 9.17) is 33.7 Å². The molecule has 174 valence electrons. The number of fused-ring (bicyclic) bond motifs is 1. The van der Waals surface area contributed by atoms with Crippen molar-refractivity contribution in [1.29, 1.82) is 0 Å². The number of aromatic nitrogens is 3. The SMILES string of the molecule is CC(C)[C@H](N)C(=O)OC1C(c2c[nH]c3c(N)ncnc23)NC(CO)C1O.O=S(=O)(O)O. The van der Waals surface area contributed by atoms with Gasteiger partial charge >= 0.3 is 16.4 Å². The zero-order valence-electron chi connectivity index (χ0n) is 16.7. The first kappa shape index (κ1) is 24.9. The van der Waals surface area contributed by atoms with Crippen molar-refractivity contribution in [3.05, 3.63) is 18.1 Å². The summed E-state index contributed by atoms with van der Waals surface area (Å²) in [7, 11) is -4.67. The number of hydrogen-bond acceptors (Lipinski definition) is 11. The number of carbonyl (C=O) groups excluding carboxylic acids is 1. The highest BCUT2D eigenvalue weighted by atomic mass is 32.3. The van der Waals surface area contributed by atoms with Gasteiger partial charge in [0.15, 0.2) is 5.82 Å². The van der Waals surface area contributed by atoms with Crippen molar-refractivity contribution in [2.24, 2.45) is 11.7 Å². The average molecular weight is 462 g/mol. The van der Waals surface area contributed by atoms with E-state index < -0.39 is 46.7 Å². The molecule has 4 unspecified atom stereocenters. The van der Waals surface area contributed by atoms with Gasteiger partial charge in [0.25, 0.3) is 0 Å². The van der Waals surface area contributed by atoms with Crippen LogP contribution in [0.15, 0.2) is 12.5 Å². The molecule has 0 radical (unpaired) electrons. The topological polar surface area (TPSA) is 247 Å². The number of rotatable bonds is 5. The number of H-pyrrole nitrogens is 1. The lowest BCUT2D eigenvalue weighted by molar-refractivity contribution is -0.157. The first-order valence-corrected chi connectivity index (χ1v) is 10.5. The Kier molecular flexibility index (Phi) is 7.87. The van der Waals surface area contributed by atoms with Crippen molar-refractivity contribution in [2.45, 2.75) is 44.2 Å². The number of carbonyl (C=O) groups is 1. The molecule has 1 aliphatic rings. The van der Waals surface area contributed by atoms with Crippen LogP contribution in [0.3, 0.4) is 0 Å². The van der Waals surface area contributed by atoms with Gasteiger partial charge in [0.2, 0.25) is 0 Å². The summed E-state index contributed by atoms with van der Waals surface area (Å²) in [5.74, 6) is -0.431. The number of nitrogen functional groups attached to an aromatic ring is 1. The molecule has 5 atom stereocenters. The van der Waals surface area contributed by atoms with E-state index in [0.29, 0.717) is 16.6 Å². The number of anilines is 1. The molecule has 15 heteroatoms. The number of aliphatic hydroxyl groups excluding tert-OH is 2. The minimum Gasteiger partial charge on any atom is -0.456 e. The molecule has 0 bridgehead atoms. The number of nitrogens with two attached hydrogens (primary N) is 2. The lowest BCUT2D eigenvalue weighted by Crippen LogP contribution is -2.43. The molecule has 14 nitrogen and oxygen atoms in total. The van der Waals surface area contributed by atoms with Gasteiger partial charge in [-0.25, -0.2) is 9.97 Å². The molecule has 0 spiro atoms. The lowest BCUT2D eigenvalue weighted by atomic mass is 10.0. The molecule has 0 aliphatic carbocycles. The summed E-state index contributed by atoms with van der Waals surface area (Å²) in [6.45, 7) is 3.30. The zero-order chi connectivity index (χ0) is 23.5. The summed E-state index contributed by atoms with van der Waals surface area (Å²) in [5.41, 5.74) is 13.5. The molecule has 0 aromatic carbocycles. The van der Waals surface area contributed by atoms with Gasteiger partial charge in [0.05, 0.1) is 24.2 Å². The predicted molar refractivity (Wildman–Crippen MR) is 108 cm³/mol. The Bertz CT molecular complexity index is 1000. The minimum atomic E-state index is -4.67. The molecule has 3 rings (SSSR count). The van der Waals surface area contributed by atoms with Crippen LogP contribution in [0.5, 0.6) is 0 Å². The number of nitrogens with zero attached hydrogens (tertiary/aromatic N) is 2. The number of hydrogen-bond donors (Lipinski definition) is 8. The number of esters is 1. The van der Waals surface area contributed by atoms with Crippen molar-refractivity contribution < 1.29 is 37.3 Å². The van der Waals surface area contributed by atoms with E-state index in [1.165, 1.54) is 6.33 Å². The van der Waals surface area contributed by atoms with Crippen LogP contribution >= 0.6 is 0 Å². The van der Waals surface area contributed by atoms with Gasteiger partial charge in [-0.1, -0.05) is 13.8 Å². The number of aromatic amines is 1. The first-order valence-electron chi connectivity index (χ1n) is 9.13. The fourth-order valence-corrected chi connectivity index (χ4v) is 3.12. The molecular formula is C16H26N6O8S. The molecule has 1 aliphatic heterocycles. The van der Waals surface area contributed by atoms with E-state index in [9.17, 15) is 15.0 Å². The lowest BCUT2D eigenvalue weighted by Gasteiger charge is -2.24. The normalized spacial score (nSPS) is 24.6. The number of aliphatic hydroxyl groups is 2. The van der Waals surface area contributed by atoms with Crippen LogP contribution in [-0.4, -0.2) is 79.6 Å². The molecule has 2 aromatic heterocycles. The summed E-state index contributed by atoms with van der Waals surface area (Å²) in [6, 6.07) is -2.05. The van der Waals surface area contributed by atoms with Crippen molar-refractivity contribution in [3.8, 4) is 0 Å². The number of ether oxygens (including phenoxy) is 1. The van der Waals surface area contributed by atoms with E-state index in [-0.39, 0.29) is 18.3 Å². The van der Waals surface area contributed by atoms with Crippen LogP contribution in [0.2, 0.25) is 0 Å². The third kappa shape index (κ3) is 6.07. The van der Waals surface area contributed by atoms with Gasteiger partial charge in [-0.2, -0.15) is 8.42 Å². The van der Waals surface area contributed by atoms with Gasteiger partial charge in [0.1, 0.15) is 30.1 Å². The minimum absolute atomic E-state index is 0.110. The Hall–Kier alpha value is -2.40. The second kappa shape index (κ2) is 9.82. The van der Waals surface area contributed by atoms with Crippen LogP contribution in [0.4, 0.5) is 5.82 Å². The van der Waals surface area contributed by atoms with Gasteiger partial charge in [-0.3, -0.25) is 19.2 Å². The molecule has 31 heavy (non-hydrogen) atoms. The summed E-state index contributed by atoms with van der Waals surface area (Å²) >= 11 is 0. The summed E-state index contributed by atoms with van der Waals surface area (Å²) in [5, 5.41) is 23.1. The van der Waals surface area contributed by atoms with E-state index in [2.05, 4.69) is 20.3 Å². The summed E-state index contributed by atoms with van der Waals surface area (Å²) in [4.78, 5) is 23.5. The molecular weight excluding hydrogens is 436 g/mol. The predicted octanol–water partition coefficient (Wildman–Crippen LogP) is -1.85. The highest BCUT2D eigenvalue weighted by molar-refractivity contribution is 7.79. The maximum atomic E-state index is 12.3. The Morgan fingerprint density at radius 3 is 2.48 bits per heavy atom. The van der Waals surface area contributed by atoms with Crippen LogP contribution in [0.1, 0.15) is 25.5 Å². The van der Waals surface area contributed by atoms with E-state index in [1.807, 2.05) is 13.8 Å². The molecule has 10 N–H and O–H groups in total. The molecule has 0 amide bonds. The third-order valence-corrected chi connectivity index (χ3v) is 4.77. The van der Waals surface area contributed by atoms with Crippen molar-refractivity contribution >= 4 is 33.2 Å². The maximum absolute atomic E-state index is 12.3. The Morgan fingerprint density at radius 2 is 1.94 bits per heavy atom. The van der Waals surface area contributed by atoms with E-state index in [0.717, 1.165) is 0 Å². The summed E-state index contributed by atoms with van der Waals surface area (Å²) < 4.78 is 37.1. The second-order valence-corrected chi connectivity index (χ2v) is 8.17. The highest BCUT2D eigenvalue weighted by Gasteiger charge is 2.46. The zero-order valence-corrected chi connectivity index (χ0v) is 17.5. The van der Waals surface area contributed by atoms with Gasteiger partial charge in [-0.05, 0) is 5.92 Å². The fourth-order valence-electron chi connectivity index (χ4n) is 3.12. The molecule has 1 fully saturated rings. The molecule has 1 saturated heterocycles. The van der Waals surface area contributed by atoms with Crippen LogP contribution in [-0.2, 0) is 19.9 Å². The van der Waals surface area contributed by atoms with Crippen molar-refractivity contribution in [1.82, 2.24) is 20.3 Å². The van der Waals surface area contributed by atoms with Crippen LogP contribution in [0.25, 0.3) is 11.0 Å². The smallest absolute Gasteiger partial charge is 0.394 e. The standard InChI is InChI=1S/C16H24N6O4.H2O4S/c1-6(2)9(17)16(25)26-14-11(22-8(4-23)13(14)24)7-3-19-12-10(7)20-5-21-15(12)18;1-5(2,3)4/h3,5-6,8-9,11,13-14,19,22-24H,4,17H2,1-2H3,(H2,18,20,21);(H2,1,2,3,4)/t8?,9-,11?,13?,14?;/m0./s1. The van der Waals surface area contributed by atoms with E-state index >= 15 is 0 Å². The van der Waals surface area contributed by atoms with E-state index in [1.54, 1.807) is 6.20 Å². The Balaban J connectivity index is 0.000000614. The fraction of sp³-hybridized carbons (Fsp3) is 0.562.